The summed E-state index contributed by atoms with van der Waals surface area (Å²) in [4.78, 5) is 0. The third kappa shape index (κ3) is 3.29. The van der Waals surface area contributed by atoms with Crippen LogP contribution < -0.4 is 4.74 Å². The first-order valence-electron chi connectivity index (χ1n) is 5.91. The molecule has 0 amide bonds. The van der Waals surface area contributed by atoms with Crippen LogP contribution in [-0.4, -0.2) is 5.11 Å². The molecule has 1 N–H and O–H groups in total. The van der Waals surface area contributed by atoms with Gasteiger partial charge in [-0.25, -0.2) is 8.78 Å². The first kappa shape index (κ1) is 13.5. The molecule has 0 radical (unpaired) electrons. The van der Waals surface area contributed by atoms with Crippen molar-refractivity contribution in [2.75, 3.05) is 0 Å². The van der Waals surface area contributed by atoms with E-state index in [1.807, 2.05) is 0 Å². The number of benzene rings is 2. The van der Waals surface area contributed by atoms with Gasteiger partial charge in [0.25, 0.3) is 0 Å². The van der Waals surface area contributed by atoms with Gasteiger partial charge in [-0.2, -0.15) is 0 Å². The van der Waals surface area contributed by atoms with Crippen molar-refractivity contribution in [2.45, 2.75) is 19.6 Å². The van der Waals surface area contributed by atoms with E-state index in [9.17, 15) is 13.9 Å². The molecule has 0 aliphatic carbocycles. The molecule has 0 aliphatic rings. The van der Waals surface area contributed by atoms with Crippen molar-refractivity contribution in [2.24, 2.45) is 0 Å². The average Bonchev–Trinajstić information content (AvgIpc) is 2.38. The molecular formula is C15H14F2O2. The van der Waals surface area contributed by atoms with Crippen LogP contribution in [0.1, 0.15) is 24.2 Å². The van der Waals surface area contributed by atoms with Crippen molar-refractivity contribution in [3.05, 3.63) is 65.2 Å². The zero-order chi connectivity index (χ0) is 13.8. The monoisotopic (exact) mass is 264 g/mol. The SMILES string of the molecule is C[C@H](O)c1ccc(OCc2c(F)cccc2F)cc1. The second-order valence-corrected chi connectivity index (χ2v) is 4.23. The van der Waals surface area contributed by atoms with Gasteiger partial charge in [0.1, 0.15) is 24.0 Å². The van der Waals surface area contributed by atoms with E-state index < -0.39 is 17.7 Å². The molecule has 0 unspecified atom stereocenters. The summed E-state index contributed by atoms with van der Waals surface area (Å²) in [5, 5.41) is 9.36. The highest BCUT2D eigenvalue weighted by molar-refractivity contribution is 5.29. The Bertz CT molecular complexity index is 530. The van der Waals surface area contributed by atoms with E-state index >= 15 is 0 Å². The number of aliphatic hydroxyl groups is 1. The van der Waals surface area contributed by atoms with E-state index in [1.54, 1.807) is 31.2 Å². The van der Waals surface area contributed by atoms with Gasteiger partial charge in [0.2, 0.25) is 0 Å². The standard InChI is InChI=1S/C15H14F2O2/c1-10(18)11-5-7-12(8-6-11)19-9-13-14(16)3-2-4-15(13)17/h2-8,10,18H,9H2,1H3/t10-/m0/s1. The summed E-state index contributed by atoms with van der Waals surface area (Å²) in [5.74, 6) is -0.756. The van der Waals surface area contributed by atoms with Crippen LogP contribution in [0.5, 0.6) is 5.75 Å². The minimum Gasteiger partial charge on any atom is -0.489 e. The summed E-state index contributed by atoms with van der Waals surface area (Å²) in [6, 6.07) is 10.4. The third-order valence-corrected chi connectivity index (χ3v) is 2.81. The van der Waals surface area contributed by atoms with Crippen molar-refractivity contribution in [1.82, 2.24) is 0 Å². The molecule has 0 saturated carbocycles. The van der Waals surface area contributed by atoms with E-state index in [2.05, 4.69) is 0 Å². The van der Waals surface area contributed by atoms with E-state index in [0.717, 1.165) is 5.56 Å². The second kappa shape index (κ2) is 5.80. The zero-order valence-electron chi connectivity index (χ0n) is 10.4. The molecule has 0 aromatic heterocycles. The summed E-state index contributed by atoms with van der Waals surface area (Å²) < 4.78 is 32.1. The van der Waals surface area contributed by atoms with Crippen molar-refractivity contribution >= 4 is 0 Å². The number of aliphatic hydroxyl groups excluding tert-OH is 1. The molecule has 0 aliphatic heterocycles. The normalized spacial score (nSPS) is 12.2. The van der Waals surface area contributed by atoms with Gasteiger partial charge in [-0.05, 0) is 36.8 Å². The Labute approximate surface area is 110 Å². The van der Waals surface area contributed by atoms with E-state index in [-0.39, 0.29) is 12.2 Å². The number of halogens is 2. The lowest BCUT2D eigenvalue weighted by atomic mass is 10.1. The Hall–Kier alpha value is -1.94. The lowest BCUT2D eigenvalue weighted by molar-refractivity contribution is 0.199. The number of hydrogen-bond donors (Lipinski definition) is 1. The summed E-state index contributed by atoms with van der Waals surface area (Å²) in [5.41, 5.74) is 0.659. The summed E-state index contributed by atoms with van der Waals surface area (Å²) in [7, 11) is 0. The van der Waals surface area contributed by atoms with Crippen molar-refractivity contribution < 1.29 is 18.6 Å². The van der Waals surface area contributed by atoms with Crippen LogP contribution >= 0.6 is 0 Å². The molecule has 0 spiro atoms. The maximum Gasteiger partial charge on any atom is 0.132 e. The van der Waals surface area contributed by atoms with Crippen LogP contribution in [0.3, 0.4) is 0 Å². The van der Waals surface area contributed by atoms with Crippen LogP contribution in [0.25, 0.3) is 0 Å². The van der Waals surface area contributed by atoms with Crippen LogP contribution in [0.15, 0.2) is 42.5 Å². The largest absolute Gasteiger partial charge is 0.489 e. The number of ether oxygens (including phenoxy) is 1. The van der Waals surface area contributed by atoms with Gasteiger partial charge in [-0.15, -0.1) is 0 Å². The maximum atomic E-state index is 13.4. The van der Waals surface area contributed by atoms with Gasteiger partial charge in [-0.1, -0.05) is 18.2 Å². The van der Waals surface area contributed by atoms with E-state index in [4.69, 9.17) is 4.74 Å². The summed E-state index contributed by atoms with van der Waals surface area (Å²) in [6.07, 6.45) is -0.557. The molecular weight excluding hydrogens is 250 g/mol. The van der Waals surface area contributed by atoms with Crippen LogP contribution in [0.2, 0.25) is 0 Å². The Morgan fingerprint density at radius 1 is 1.05 bits per heavy atom. The quantitative estimate of drug-likeness (QED) is 0.914. The Morgan fingerprint density at radius 2 is 1.63 bits per heavy atom. The van der Waals surface area contributed by atoms with Gasteiger partial charge in [0.15, 0.2) is 0 Å². The lowest BCUT2D eigenvalue weighted by Crippen LogP contribution is -2.02. The highest BCUT2D eigenvalue weighted by atomic mass is 19.1. The molecule has 2 aromatic carbocycles. The topological polar surface area (TPSA) is 29.5 Å². The second-order valence-electron chi connectivity index (χ2n) is 4.23. The number of hydrogen-bond acceptors (Lipinski definition) is 2. The summed E-state index contributed by atoms with van der Waals surface area (Å²) >= 11 is 0. The molecule has 4 heteroatoms. The minimum absolute atomic E-state index is 0.0953. The van der Waals surface area contributed by atoms with Gasteiger partial charge < -0.3 is 9.84 Å². The highest BCUT2D eigenvalue weighted by Gasteiger charge is 2.09. The molecule has 1 atom stereocenters. The fourth-order valence-electron chi connectivity index (χ4n) is 1.67. The minimum atomic E-state index is -0.624. The molecule has 2 nitrogen and oxygen atoms in total. The Kier molecular flexibility index (Phi) is 4.12. The Morgan fingerprint density at radius 3 is 2.16 bits per heavy atom. The maximum absolute atomic E-state index is 13.4. The van der Waals surface area contributed by atoms with Gasteiger partial charge >= 0.3 is 0 Å². The predicted molar refractivity (Wildman–Crippen MR) is 67.8 cm³/mol. The summed E-state index contributed by atoms with van der Waals surface area (Å²) in [6.45, 7) is 1.48. The van der Waals surface area contributed by atoms with E-state index in [0.29, 0.717) is 5.75 Å². The zero-order valence-corrected chi connectivity index (χ0v) is 10.4. The van der Waals surface area contributed by atoms with E-state index in [1.165, 1.54) is 18.2 Å². The molecule has 2 aromatic rings. The fourth-order valence-corrected chi connectivity index (χ4v) is 1.67. The molecule has 0 fully saturated rings. The van der Waals surface area contributed by atoms with Gasteiger partial charge in [0.05, 0.1) is 11.7 Å². The first-order valence-corrected chi connectivity index (χ1v) is 5.91. The van der Waals surface area contributed by atoms with Crippen molar-refractivity contribution in [3.8, 4) is 5.75 Å². The molecule has 100 valence electrons. The van der Waals surface area contributed by atoms with Gasteiger partial charge in [-0.3, -0.25) is 0 Å². The average molecular weight is 264 g/mol. The lowest BCUT2D eigenvalue weighted by Gasteiger charge is -2.09. The molecule has 0 heterocycles. The number of rotatable bonds is 4. The van der Waals surface area contributed by atoms with Crippen molar-refractivity contribution in [3.63, 3.8) is 0 Å². The smallest absolute Gasteiger partial charge is 0.132 e. The van der Waals surface area contributed by atoms with Crippen LogP contribution in [0, 0.1) is 11.6 Å². The van der Waals surface area contributed by atoms with Crippen LogP contribution in [-0.2, 0) is 6.61 Å². The van der Waals surface area contributed by atoms with Gasteiger partial charge in [0, 0.05) is 0 Å². The van der Waals surface area contributed by atoms with Crippen LogP contribution in [0.4, 0.5) is 8.78 Å². The fraction of sp³-hybridized carbons (Fsp3) is 0.200. The molecule has 0 bridgehead atoms. The van der Waals surface area contributed by atoms with Crippen molar-refractivity contribution in [1.29, 1.82) is 0 Å². The molecule has 2 rings (SSSR count). The first-order chi connectivity index (χ1) is 9.08. The third-order valence-electron chi connectivity index (χ3n) is 2.81. The molecule has 19 heavy (non-hydrogen) atoms. The predicted octanol–water partition coefficient (Wildman–Crippen LogP) is 3.60. The molecule has 0 saturated heterocycles. The highest BCUT2D eigenvalue weighted by Crippen LogP contribution is 2.19. The Balaban J connectivity index is 2.06.